The van der Waals surface area contributed by atoms with Gasteiger partial charge in [0.2, 0.25) is 15.9 Å². The van der Waals surface area contributed by atoms with Crippen LogP contribution in [0.15, 0.2) is 34.3 Å². The molecule has 1 amide bonds. The van der Waals surface area contributed by atoms with Gasteiger partial charge in [-0.3, -0.25) is 9.36 Å². The molecule has 10 heteroatoms. The van der Waals surface area contributed by atoms with E-state index in [2.05, 4.69) is 29.4 Å². The van der Waals surface area contributed by atoms with E-state index in [-0.39, 0.29) is 22.1 Å². The van der Waals surface area contributed by atoms with E-state index in [1.54, 1.807) is 18.2 Å². The molecule has 32 heavy (non-hydrogen) atoms. The number of rotatable bonds is 11. The number of thioether (sulfide) groups is 1. The molecule has 1 aliphatic rings. The number of hydrogen-bond acceptors (Lipinski definition) is 6. The molecule has 0 bridgehead atoms. The van der Waals surface area contributed by atoms with Gasteiger partial charge in [0.05, 0.1) is 10.1 Å². The Kier molecular flexibility index (Phi) is 8.00. The Bertz CT molecular complexity index is 1050. The molecule has 0 radical (unpaired) electrons. The molecule has 0 aliphatic heterocycles. The summed E-state index contributed by atoms with van der Waals surface area (Å²) in [5.74, 6) is 0.610. The summed E-state index contributed by atoms with van der Waals surface area (Å²) in [7, 11) is -3.58. The van der Waals surface area contributed by atoms with Crippen LogP contribution >= 0.6 is 11.8 Å². The summed E-state index contributed by atoms with van der Waals surface area (Å²) in [4.78, 5) is 12.7. The van der Waals surface area contributed by atoms with Crippen LogP contribution in [0.2, 0.25) is 0 Å². The third-order valence-corrected chi connectivity index (χ3v) is 8.81. The second kappa shape index (κ2) is 10.4. The monoisotopic (exact) mass is 479 g/mol. The lowest BCUT2D eigenvalue weighted by Gasteiger charge is -2.20. The van der Waals surface area contributed by atoms with Crippen LogP contribution < -0.4 is 5.32 Å². The summed E-state index contributed by atoms with van der Waals surface area (Å²) in [5, 5.41) is 12.2. The highest BCUT2D eigenvalue weighted by Gasteiger charge is 2.28. The van der Waals surface area contributed by atoms with Gasteiger partial charge < -0.3 is 5.32 Å². The maximum Gasteiger partial charge on any atom is 0.243 e. The van der Waals surface area contributed by atoms with Crippen LogP contribution in [0.5, 0.6) is 0 Å². The predicted octanol–water partition coefficient (Wildman–Crippen LogP) is 3.71. The van der Waals surface area contributed by atoms with Crippen molar-refractivity contribution in [3.8, 4) is 11.4 Å². The summed E-state index contributed by atoms with van der Waals surface area (Å²) in [6.07, 6.45) is 2.94. The van der Waals surface area contributed by atoms with Crippen molar-refractivity contribution >= 4 is 27.7 Å². The Morgan fingerprint density at radius 2 is 1.91 bits per heavy atom. The first-order valence-corrected chi connectivity index (χ1v) is 13.6. The third kappa shape index (κ3) is 5.35. The highest BCUT2D eigenvalue weighted by molar-refractivity contribution is 8.00. The van der Waals surface area contributed by atoms with Crippen molar-refractivity contribution < 1.29 is 13.2 Å². The zero-order valence-corrected chi connectivity index (χ0v) is 21.0. The van der Waals surface area contributed by atoms with Gasteiger partial charge in [-0.25, -0.2) is 8.42 Å². The van der Waals surface area contributed by atoms with E-state index < -0.39 is 10.0 Å². The zero-order valence-electron chi connectivity index (χ0n) is 19.4. The van der Waals surface area contributed by atoms with E-state index in [4.69, 9.17) is 0 Å². The number of carbonyl (C=O) groups excluding carboxylic acids is 1. The van der Waals surface area contributed by atoms with Crippen LogP contribution in [0, 0.1) is 0 Å². The van der Waals surface area contributed by atoms with E-state index in [9.17, 15) is 13.2 Å². The number of aromatic nitrogens is 3. The van der Waals surface area contributed by atoms with Crippen LogP contribution in [0.1, 0.15) is 59.9 Å². The fourth-order valence-corrected chi connectivity index (χ4v) is 5.86. The first-order chi connectivity index (χ1) is 15.2. The summed E-state index contributed by atoms with van der Waals surface area (Å²) < 4.78 is 29.5. The summed E-state index contributed by atoms with van der Waals surface area (Å²) in [6, 6.07) is 7.25. The Morgan fingerprint density at radius 1 is 1.22 bits per heavy atom. The third-order valence-electron chi connectivity index (χ3n) is 5.71. The second-order valence-corrected chi connectivity index (χ2v) is 11.3. The Morgan fingerprint density at radius 3 is 2.50 bits per heavy atom. The van der Waals surface area contributed by atoms with Crippen LogP contribution in [-0.4, -0.2) is 57.8 Å². The highest BCUT2D eigenvalue weighted by atomic mass is 32.2. The van der Waals surface area contributed by atoms with Crippen LogP contribution in [-0.2, 0) is 14.8 Å². The quantitative estimate of drug-likeness (QED) is 0.494. The fraction of sp³-hybridized carbons (Fsp3) is 0.591. The lowest BCUT2D eigenvalue weighted by Crippen LogP contribution is -2.32. The molecule has 0 unspecified atom stereocenters. The van der Waals surface area contributed by atoms with Crippen molar-refractivity contribution in [1.82, 2.24) is 24.4 Å². The molecule has 1 heterocycles. The average Bonchev–Trinajstić information content (AvgIpc) is 3.50. The van der Waals surface area contributed by atoms with Gasteiger partial charge in [-0.05, 0) is 45.2 Å². The second-order valence-electron chi connectivity index (χ2n) is 8.09. The van der Waals surface area contributed by atoms with Gasteiger partial charge in [0, 0.05) is 30.7 Å². The van der Waals surface area contributed by atoms with Gasteiger partial charge in [0.1, 0.15) is 0 Å². The van der Waals surface area contributed by atoms with Gasteiger partial charge in [-0.15, -0.1) is 10.2 Å². The molecule has 2 atom stereocenters. The maximum absolute atomic E-state index is 13.0. The number of sulfonamides is 1. The smallest absolute Gasteiger partial charge is 0.243 e. The van der Waals surface area contributed by atoms with Gasteiger partial charge in [-0.1, -0.05) is 44.7 Å². The number of amides is 1. The minimum absolute atomic E-state index is 0.00469. The average molecular weight is 480 g/mol. The molecule has 3 rings (SSSR count). The van der Waals surface area contributed by atoms with Crippen LogP contribution in [0.25, 0.3) is 11.4 Å². The van der Waals surface area contributed by atoms with E-state index >= 15 is 0 Å². The van der Waals surface area contributed by atoms with Gasteiger partial charge >= 0.3 is 0 Å². The normalized spacial score (nSPS) is 16.2. The van der Waals surface area contributed by atoms with Crippen molar-refractivity contribution in [1.29, 1.82) is 0 Å². The summed E-state index contributed by atoms with van der Waals surface area (Å²) >= 11 is 1.38. The Balaban J connectivity index is 1.95. The van der Waals surface area contributed by atoms with Crippen molar-refractivity contribution in [2.24, 2.45) is 0 Å². The molecule has 2 aromatic rings. The van der Waals surface area contributed by atoms with E-state index in [0.29, 0.717) is 35.7 Å². The largest absolute Gasteiger partial charge is 0.352 e. The zero-order chi connectivity index (χ0) is 23.5. The maximum atomic E-state index is 13.0. The van der Waals surface area contributed by atoms with Gasteiger partial charge in [0.15, 0.2) is 11.0 Å². The molecule has 1 saturated carbocycles. The molecule has 1 N–H and O–H groups in total. The molecule has 8 nitrogen and oxygen atoms in total. The number of nitrogens with one attached hydrogen (secondary N) is 1. The lowest BCUT2D eigenvalue weighted by molar-refractivity contribution is -0.120. The number of nitrogens with zero attached hydrogens (tertiary/aromatic N) is 4. The van der Waals surface area contributed by atoms with Crippen molar-refractivity contribution in [3.63, 3.8) is 0 Å². The minimum atomic E-state index is -3.58. The molecule has 1 aromatic carbocycles. The molecule has 176 valence electrons. The standard InChI is InChI=1S/C22H33N5O3S2/c1-6-15(4)27-20(24-25-22(27)31-16(5)21(28)23-18-12-13-18)17-10-9-11-19(14-17)32(29,30)26(7-2)8-3/h9-11,14-16,18H,6-8,12-13H2,1-5H3,(H,23,28)/t15-,16+/m0/s1. The van der Waals surface area contributed by atoms with Gasteiger partial charge in [0.25, 0.3) is 0 Å². The first kappa shape index (κ1) is 24.7. The lowest BCUT2D eigenvalue weighted by atomic mass is 10.2. The van der Waals surface area contributed by atoms with E-state index in [0.717, 1.165) is 19.3 Å². The summed E-state index contributed by atoms with van der Waals surface area (Å²) in [5.41, 5.74) is 0.688. The molecule has 1 aliphatic carbocycles. The van der Waals surface area contributed by atoms with Crippen LogP contribution in [0.3, 0.4) is 0 Å². The van der Waals surface area contributed by atoms with Crippen LogP contribution in [0.4, 0.5) is 0 Å². The topological polar surface area (TPSA) is 97.2 Å². The Hall–Kier alpha value is -1.91. The van der Waals surface area contributed by atoms with Crippen molar-refractivity contribution in [2.75, 3.05) is 13.1 Å². The number of carbonyl (C=O) groups is 1. The number of benzene rings is 1. The molecular weight excluding hydrogens is 446 g/mol. The molecule has 0 saturated heterocycles. The highest BCUT2D eigenvalue weighted by Crippen LogP contribution is 2.32. The van der Waals surface area contributed by atoms with Gasteiger partial charge in [-0.2, -0.15) is 4.31 Å². The Labute approximate surface area is 195 Å². The van der Waals surface area contributed by atoms with Crippen molar-refractivity contribution in [3.05, 3.63) is 24.3 Å². The first-order valence-electron chi connectivity index (χ1n) is 11.2. The minimum Gasteiger partial charge on any atom is -0.352 e. The van der Waals surface area contributed by atoms with Crippen molar-refractivity contribution in [2.45, 2.75) is 81.3 Å². The molecule has 1 fully saturated rings. The fourth-order valence-electron chi connectivity index (χ4n) is 3.40. The van der Waals surface area contributed by atoms with E-state index in [1.807, 2.05) is 31.4 Å². The SMILES string of the molecule is CC[C@H](C)n1c(S[C@H](C)C(=O)NC2CC2)nnc1-c1cccc(S(=O)(=O)N(CC)CC)c1. The summed E-state index contributed by atoms with van der Waals surface area (Å²) in [6.45, 7) is 10.5. The molecular formula is C22H33N5O3S2. The van der Waals surface area contributed by atoms with E-state index in [1.165, 1.54) is 16.1 Å². The molecule has 0 spiro atoms. The predicted molar refractivity (Wildman–Crippen MR) is 127 cm³/mol. The molecule has 1 aromatic heterocycles. The number of hydrogen-bond donors (Lipinski definition) is 1.